The summed E-state index contributed by atoms with van der Waals surface area (Å²) >= 11 is 6.65. The van der Waals surface area contributed by atoms with Gasteiger partial charge in [0, 0.05) is 52.4 Å². The normalized spacial score (nSPS) is 18.0. The third-order valence-electron chi connectivity index (χ3n) is 12.3. The molecule has 0 atom stereocenters. The summed E-state index contributed by atoms with van der Waals surface area (Å²) in [7, 11) is 0. The van der Waals surface area contributed by atoms with Crippen molar-refractivity contribution in [3.63, 3.8) is 0 Å². The van der Waals surface area contributed by atoms with E-state index >= 15 is 0 Å². The van der Waals surface area contributed by atoms with E-state index in [1.807, 2.05) is 46.4 Å². The zero-order valence-electron chi connectivity index (χ0n) is 38.9. The van der Waals surface area contributed by atoms with E-state index in [-0.39, 0.29) is 29.2 Å². The predicted octanol–water partition coefficient (Wildman–Crippen LogP) is 9.29. The number of hydrogen-bond donors (Lipinski definition) is 1. The second-order valence-electron chi connectivity index (χ2n) is 19.6. The number of carbonyl (C=O) groups excluding carboxylic acids is 2. The number of carbonyl (C=O) groups is 2. The van der Waals surface area contributed by atoms with Gasteiger partial charge in [0.25, 0.3) is 0 Å². The number of ether oxygens (including phenoxy) is 6. The summed E-state index contributed by atoms with van der Waals surface area (Å²) in [4.78, 5) is 30.1. The van der Waals surface area contributed by atoms with Crippen LogP contribution in [0.2, 0.25) is 0 Å². The zero-order chi connectivity index (χ0) is 45.7. The molecule has 1 N–H and O–H groups in total. The summed E-state index contributed by atoms with van der Waals surface area (Å²) in [6, 6.07) is 26.4. The fraction of sp³-hybridized carbons (Fsp3) is 0.500. The Balaban J connectivity index is 0.000000148. The molecule has 6 aliphatic rings. The number of alkyl halides is 1. The topological polar surface area (TPSA) is 111 Å². The van der Waals surface area contributed by atoms with Gasteiger partial charge in [0.1, 0.15) is 11.2 Å². The average molecular weight is 910 g/mol. The van der Waals surface area contributed by atoms with Crippen LogP contribution in [0.5, 0.6) is 0 Å². The Hall–Kier alpha value is -4.53. The minimum absolute atomic E-state index is 0.119. The Morgan fingerprint density at radius 2 is 0.815 bits per heavy atom. The highest BCUT2D eigenvalue weighted by atomic mass is 35.5. The van der Waals surface area contributed by atoms with Crippen molar-refractivity contribution in [1.29, 1.82) is 0 Å². The van der Waals surface area contributed by atoms with Gasteiger partial charge in [0.15, 0.2) is 0 Å². The Kier molecular flexibility index (Phi) is 14.9. The number of nitrogens with zero attached hydrogens (tertiary/aromatic N) is 3. The number of benzene rings is 4. The lowest BCUT2D eigenvalue weighted by Gasteiger charge is -2.40. The molecule has 65 heavy (non-hydrogen) atoms. The van der Waals surface area contributed by atoms with Crippen molar-refractivity contribution in [2.75, 3.05) is 52.4 Å². The third kappa shape index (κ3) is 12.1. The van der Waals surface area contributed by atoms with E-state index in [0.29, 0.717) is 52.7 Å². The maximum absolute atomic E-state index is 12.5. The molecule has 0 bridgehead atoms. The first kappa shape index (κ1) is 47.0. The quantitative estimate of drug-likeness (QED) is 0.195. The first-order chi connectivity index (χ1) is 31.2. The summed E-state index contributed by atoms with van der Waals surface area (Å²) in [6.45, 7) is 23.1. The summed E-state index contributed by atoms with van der Waals surface area (Å²) < 4.78 is 33.0. The lowest BCUT2D eigenvalue weighted by Crippen LogP contribution is -2.51. The van der Waals surface area contributed by atoms with Crippen LogP contribution in [0, 0.1) is 0 Å². The highest BCUT2D eigenvalue weighted by Gasteiger charge is 2.32. The highest BCUT2D eigenvalue weighted by Crippen LogP contribution is 2.36. The van der Waals surface area contributed by atoms with Crippen LogP contribution in [0.1, 0.15) is 120 Å². The average Bonchev–Trinajstić information content (AvgIpc) is 4.13. The Bertz CT molecular complexity index is 2200. The van der Waals surface area contributed by atoms with Crippen molar-refractivity contribution in [2.24, 2.45) is 0 Å². The van der Waals surface area contributed by atoms with Gasteiger partial charge < -0.3 is 43.5 Å². The van der Waals surface area contributed by atoms with Crippen LogP contribution in [0.3, 0.4) is 0 Å². The lowest BCUT2D eigenvalue weighted by molar-refractivity contribution is 0.0118. The fourth-order valence-corrected chi connectivity index (χ4v) is 9.16. The molecule has 10 rings (SSSR count). The summed E-state index contributed by atoms with van der Waals surface area (Å²) in [5.74, 6) is 0. The minimum Gasteiger partial charge on any atom is -0.444 e. The summed E-state index contributed by atoms with van der Waals surface area (Å²) in [5, 5.41) is 3.06. The maximum atomic E-state index is 12.5. The van der Waals surface area contributed by atoms with Crippen LogP contribution in [-0.2, 0) is 81.3 Å². The molecule has 4 aromatic carbocycles. The van der Waals surface area contributed by atoms with E-state index < -0.39 is 5.60 Å². The van der Waals surface area contributed by atoms with Crippen molar-refractivity contribution in [3.05, 3.63) is 140 Å². The van der Waals surface area contributed by atoms with Crippen LogP contribution in [-0.4, -0.2) is 90.4 Å². The van der Waals surface area contributed by atoms with Gasteiger partial charge in [0.05, 0.1) is 64.3 Å². The fourth-order valence-electron chi connectivity index (χ4n) is 8.89. The Labute approximate surface area is 389 Å². The molecule has 2 saturated heterocycles. The molecule has 348 valence electrons. The van der Waals surface area contributed by atoms with Crippen molar-refractivity contribution in [1.82, 2.24) is 20.0 Å². The van der Waals surface area contributed by atoms with E-state index in [9.17, 15) is 9.59 Å². The van der Waals surface area contributed by atoms with Crippen LogP contribution in [0.15, 0.2) is 72.8 Å². The molecule has 4 aromatic rings. The summed E-state index contributed by atoms with van der Waals surface area (Å²) in [5.41, 5.74) is 14.2. The highest BCUT2D eigenvalue weighted by molar-refractivity contribution is 6.22. The van der Waals surface area contributed by atoms with Crippen LogP contribution < -0.4 is 5.32 Å². The molecule has 0 radical (unpaired) electrons. The number of rotatable bonds is 5. The third-order valence-corrected chi connectivity index (χ3v) is 12.8. The largest absolute Gasteiger partial charge is 0.444 e. The van der Waals surface area contributed by atoms with E-state index in [1.54, 1.807) is 4.90 Å². The van der Waals surface area contributed by atoms with E-state index in [1.165, 1.54) is 55.6 Å². The summed E-state index contributed by atoms with van der Waals surface area (Å²) in [6.07, 6.45) is -0.424. The standard InChI is InChI=1S/C26H32N2O4.C17H15ClO2.C9H18N2O2/c1-26(2,3)32-25(29)28-10-8-27(9-11-28)24(18-4-6-20-14-30-16-22(20)12-18)19-5-7-21-15-31-17-23(21)13-19;18-17(11-1-3-13-7-19-9-15(13)5-11)12-2-4-14-8-20-10-16(14)6-12;1-9(2,3)13-8(12)11-6-4-10-5-7-11/h4-7,12-13,24H,8-11,14-17H2,1-3H3;1-6,17H,7-10H2;10H,4-7H2,1-3H3. The van der Waals surface area contributed by atoms with E-state index in [2.05, 4.69) is 83.0 Å². The molecule has 2 amide bonds. The first-order valence-electron chi connectivity index (χ1n) is 23.0. The van der Waals surface area contributed by atoms with Crippen molar-refractivity contribution in [2.45, 2.75) is 117 Å². The monoisotopic (exact) mass is 908 g/mol. The van der Waals surface area contributed by atoms with Crippen LogP contribution in [0.25, 0.3) is 0 Å². The van der Waals surface area contributed by atoms with Gasteiger partial charge in [-0.15, -0.1) is 11.6 Å². The molecule has 0 saturated carbocycles. The SMILES string of the molecule is CC(C)(C)OC(=O)N1CCN(C(c2ccc3c(c2)COC3)c2ccc3c(c2)COC3)CC1.CC(C)(C)OC(=O)N1CCNCC1.ClC(c1ccc2c(c1)COC2)c1ccc2c(c1)COC2. The van der Waals surface area contributed by atoms with Gasteiger partial charge in [-0.1, -0.05) is 72.8 Å². The molecular weight excluding hydrogens is 844 g/mol. The zero-order valence-corrected chi connectivity index (χ0v) is 39.6. The molecule has 0 aliphatic carbocycles. The van der Waals surface area contributed by atoms with Gasteiger partial charge in [0.2, 0.25) is 0 Å². The number of fused-ring (bicyclic) bond motifs is 4. The van der Waals surface area contributed by atoms with Gasteiger partial charge in [-0.3, -0.25) is 4.90 Å². The van der Waals surface area contributed by atoms with Gasteiger partial charge >= 0.3 is 12.2 Å². The molecule has 13 heteroatoms. The van der Waals surface area contributed by atoms with Crippen molar-refractivity contribution < 1.29 is 38.0 Å². The smallest absolute Gasteiger partial charge is 0.410 e. The molecule has 0 unspecified atom stereocenters. The van der Waals surface area contributed by atoms with Crippen LogP contribution >= 0.6 is 11.6 Å². The van der Waals surface area contributed by atoms with E-state index in [4.69, 9.17) is 40.0 Å². The van der Waals surface area contributed by atoms with Crippen molar-refractivity contribution in [3.8, 4) is 0 Å². The molecule has 6 aliphatic heterocycles. The first-order valence-corrected chi connectivity index (χ1v) is 23.4. The minimum atomic E-state index is -0.476. The number of halogens is 1. The molecule has 0 aromatic heterocycles. The second-order valence-corrected chi connectivity index (χ2v) is 20.0. The van der Waals surface area contributed by atoms with Gasteiger partial charge in [-0.2, -0.15) is 0 Å². The van der Waals surface area contributed by atoms with Crippen LogP contribution in [0.4, 0.5) is 9.59 Å². The molecular formula is C52H65ClN4O8. The Morgan fingerprint density at radius 1 is 0.492 bits per heavy atom. The van der Waals surface area contributed by atoms with Gasteiger partial charge in [-0.05, 0) is 108 Å². The number of hydrogen-bond acceptors (Lipinski definition) is 10. The van der Waals surface area contributed by atoms with Crippen molar-refractivity contribution >= 4 is 23.8 Å². The predicted molar refractivity (Wildman–Crippen MR) is 249 cm³/mol. The number of nitrogens with one attached hydrogen (secondary N) is 1. The molecule has 6 heterocycles. The molecule has 2 fully saturated rings. The Morgan fingerprint density at radius 3 is 1.18 bits per heavy atom. The maximum Gasteiger partial charge on any atom is 0.410 e. The van der Waals surface area contributed by atoms with E-state index in [0.717, 1.165) is 63.6 Å². The number of amides is 2. The van der Waals surface area contributed by atoms with Gasteiger partial charge in [-0.25, -0.2) is 9.59 Å². The molecule has 12 nitrogen and oxygen atoms in total. The second kappa shape index (κ2) is 20.5. The molecule has 0 spiro atoms. The number of piperazine rings is 2. The lowest BCUT2D eigenvalue weighted by atomic mass is 9.92.